The number of hydrogen-bond acceptors (Lipinski definition) is 7. The SMILES string of the molecule is CCCC/C=C\CCCCCCCC(=O)NC(COP(=O)([O-])OCC[N+](C)(C)C)C(/C=C\CCCCCCCCCCCCC)OC(=O)CCCCCCCCC/C=C\C/C=C\C/C=C\C/C=C\CCCCC. The first kappa shape index (κ1) is 70.5. The molecular formula is C63H115N2O7P. The van der Waals surface area contributed by atoms with E-state index in [1.807, 2.05) is 33.3 Å². The zero-order valence-electron chi connectivity index (χ0n) is 48.3. The molecule has 0 fully saturated rings. The summed E-state index contributed by atoms with van der Waals surface area (Å²) in [6.07, 6.45) is 67.2. The lowest BCUT2D eigenvalue weighted by Crippen LogP contribution is -2.47. The lowest BCUT2D eigenvalue weighted by Gasteiger charge is -2.30. The number of ether oxygens (including phenoxy) is 1. The number of carbonyl (C=O) groups excluding carboxylic acids is 2. The number of hydrogen-bond donors (Lipinski definition) is 1. The fourth-order valence-electron chi connectivity index (χ4n) is 8.37. The van der Waals surface area contributed by atoms with E-state index in [2.05, 4.69) is 86.8 Å². The number of unbranched alkanes of at least 4 members (excludes halogenated alkanes) is 28. The van der Waals surface area contributed by atoms with E-state index < -0.39 is 26.6 Å². The molecule has 0 aliphatic carbocycles. The zero-order valence-corrected chi connectivity index (χ0v) is 49.2. The Morgan fingerprint density at radius 3 is 1.33 bits per heavy atom. The maximum Gasteiger partial charge on any atom is 0.306 e. The Labute approximate surface area is 451 Å². The Bertz CT molecular complexity index is 1480. The number of likely N-dealkylation sites (N-methyl/N-ethyl adjacent to an activating group) is 1. The number of amides is 1. The molecule has 3 unspecified atom stereocenters. The van der Waals surface area contributed by atoms with Crippen LogP contribution in [-0.2, 0) is 27.9 Å². The van der Waals surface area contributed by atoms with Crippen molar-refractivity contribution in [3.8, 4) is 0 Å². The molecule has 1 N–H and O–H groups in total. The second-order valence-corrected chi connectivity index (χ2v) is 22.9. The van der Waals surface area contributed by atoms with Crippen LogP contribution in [0, 0.1) is 0 Å². The van der Waals surface area contributed by atoms with E-state index in [1.54, 1.807) is 0 Å². The van der Waals surface area contributed by atoms with Gasteiger partial charge in [0, 0.05) is 12.8 Å². The molecule has 0 aliphatic rings. The third kappa shape index (κ3) is 54.1. The molecule has 10 heteroatoms. The van der Waals surface area contributed by atoms with Crippen LogP contribution in [0.4, 0.5) is 0 Å². The monoisotopic (exact) mass is 1040 g/mol. The topological polar surface area (TPSA) is 114 Å². The molecule has 0 bridgehead atoms. The number of rotatable bonds is 54. The third-order valence-electron chi connectivity index (χ3n) is 13.1. The molecule has 0 aliphatic heterocycles. The minimum absolute atomic E-state index is 0.0279. The zero-order chi connectivity index (χ0) is 53.6. The van der Waals surface area contributed by atoms with Crippen LogP contribution in [0.1, 0.15) is 265 Å². The molecule has 73 heavy (non-hydrogen) atoms. The highest BCUT2D eigenvalue weighted by molar-refractivity contribution is 7.45. The molecule has 0 saturated heterocycles. The molecule has 9 nitrogen and oxygen atoms in total. The largest absolute Gasteiger partial charge is 0.756 e. The first-order valence-corrected chi connectivity index (χ1v) is 31.7. The number of allylic oxidation sites excluding steroid dienone is 11. The van der Waals surface area contributed by atoms with Crippen molar-refractivity contribution < 1.29 is 37.3 Å². The van der Waals surface area contributed by atoms with Gasteiger partial charge in [-0.25, -0.2) is 0 Å². The minimum Gasteiger partial charge on any atom is -0.756 e. The number of phosphoric acid groups is 1. The fourth-order valence-corrected chi connectivity index (χ4v) is 9.09. The Balaban J connectivity index is 5.24. The molecule has 0 aromatic rings. The van der Waals surface area contributed by atoms with Gasteiger partial charge in [-0.2, -0.15) is 0 Å². The molecule has 0 aromatic heterocycles. The molecule has 0 spiro atoms. The highest BCUT2D eigenvalue weighted by Gasteiger charge is 2.27. The minimum atomic E-state index is -4.70. The van der Waals surface area contributed by atoms with Crippen molar-refractivity contribution in [3.05, 3.63) is 72.9 Å². The molecule has 0 heterocycles. The van der Waals surface area contributed by atoms with Crippen LogP contribution in [0.3, 0.4) is 0 Å². The summed E-state index contributed by atoms with van der Waals surface area (Å²) < 4.78 is 30.2. The van der Waals surface area contributed by atoms with Crippen molar-refractivity contribution >= 4 is 19.7 Å². The van der Waals surface area contributed by atoms with Crippen molar-refractivity contribution in [2.24, 2.45) is 0 Å². The van der Waals surface area contributed by atoms with Crippen molar-refractivity contribution in [2.45, 2.75) is 277 Å². The summed E-state index contributed by atoms with van der Waals surface area (Å²) in [4.78, 5) is 39.9. The summed E-state index contributed by atoms with van der Waals surface area (Å²) in [5.41, 5.74) is 0. The van der Waals surface area contributed by atoms with Crippen molar-refractivity contribution in [2.75, 3.05) is 40.9 Å². The molecule has 0 saturated carbocycles. The Morgan fingerprint density at radius 1 is 0.479 bits per heavy atom. The number of nitrogens with zero attached hydrogens (tertiary/aromatic N) is 1. The van der Waals surface area contributed by atoms with Gasteiger partial charge in [0.2, 0.25) is 5.91 Å². The van der Waals surface area contributed by atoms with Gasteiger partial charge in [0.05, 0.1) is 33.8 Å². The average molecular weight is 1040 g/mol. The lowest BCUT2D eigenvalue weighted by molar-refractivity contribution is -0.870. The predicted octanol–water partition coefficient (Wildman–Crippen LogP) is 17.8. The quantitative estimate of drug-likeness (QED) is 0.0212. The fraction of sp³-hybridized carbons (Fsp3) is 0.778. The molecule has 1 amide bonds. The summed E-state index contributed by atoms with van der Waals surface area (Å²) in [6, 6.07) is -0.898. The van der Waals surface area contributed by atoms with Crippen LogP contribution < -0.4 is 10.2 Å². The van der Waals surface area contributed by atoms with Gasteiger partial charge in [0.15, 0.2) is 0 Å². The molecule has 0 radical (unpaired) electrons. The van der Waals surface area contributed by atoms with Gasteiger partial charge >= 0.3 is 5.97 Å². The van der Waals surface area contributed by atoms with E-state index in [0.29, 0.717) is 17.4 Å². The summed E-state index contributed by atoms with van der Waals surface area (Å²) in [7, 11) is 1.17. The predicted molar refractivity (Wildman–Crippen MR) is 312 cm³/mol. The van der Waals surface area contributed by atoms with Crippen molar-refractivity contribution in [1.29, 1.82) is 0 Å². The van der Waals surface area contributed by atoms with Crippen molar-refractivity contribution in [3.63, 3.8) is 0 Å². The van der Waals surface area contributed by atoms with E-state index in [0.717, 1.165) is 116 Å². The molecule has 0 aromatic carbocycles. The van der Waals surface area contributed by atoms with E-state index >= 15 is 0 Å². The van der Waals surface area contributed by atoms with E-state index in [-0.39, 0.29) is 24.9 Å². The molecular weight excluding hydrogens is 928 g/mol. The van der Waals surface area contributed by atoms with Crippen molar-refractivity contribution in [1.82, 2.24) is 5.32 Å². The smallest absolute Gasteiger partial charge is 0.306 e. The van der Waals surface area contributed by atoms with Crippen LogP contribution in [0.25, 0.3) is 0 Å². The lowest BCUT2D eigenvalue weighted by atomic mass is 10.0. The van der Waals surface area contributed by atoms with Gasteiger partial charge in [-0.3, -0.25) is 14.2 Å². The highest BCUT2D eigenvalue weighted by atomic mass is 31.2. The molecule has 0 rings (SSSR count). The second kappa shape index (κ2) is 52.9. The Kier molecular flexibility index (Phi) is 51.0. The molecule has 424 valence electrons. The van der Waals surface area contributed by atoms with Gasteiger partial charge in [0.25, 0.3) is 7.82 Å². The number of nitrogens with one attached hydrogen (secondary N) is 1. The Hall–Kier alpha value is -2.55. The van der Waals surface area contributed by atoms with Gasteiger partial charge in [-0.15, -0.1) is 0 Å². The van der Waals surface area contributed by atoms with Gasteiger partial charge in [-0.1, -0.05) is 229 Å². The normalized spacial score (nSPS) is 14.2. The first-order valence-electron chi connectivity index (χ1n) is 30.2. The number of phosphoric ester groups is 1. The number of quaternary nitrogens is 1. The van der Waals surface area contributed by atoms with Crippen LogP contribution >= 0.6 is 7.82 Å². The Morgan fingerprint density at radius 2 is 0.849 bits per heavy atom. The first-order chi connectivity index (χ1) is 35.4. The maximum absolute atomic E-state index is 13.5. The summed E-state index contributed by atoms with van der Waals surface area (Å²) >= 11 is 0. The highest BCUT2D eigenvalue weighted by Crippen LogP contribution is 2.38. The van der Waals surface area contributed by atoms with Crippen LogP contribution in [0.5, 0.6) is 0 Å². The van der Waals surface area contributed by atoms with Gasteiger partial charge < -0.3 is 28.5 Å². The van der Waals surface area contributed by atoms with E-state index in [9.17, 15) is 19.0 Å². The van der Waals surface area contributed by atoms with Crippen LogP contribution in [0.2, 0.25) is 0 Å². The van der Waals surface area contributed by atoms with E-state index in [1.165, 1.54) is 116 Å². The average Bonchev–Trinajstić information content (AvgIpc) is 3.35. The van der Waals surface area contributed by atoms with E-state index in [4.69, 9.17) is 13.8 Å². The summed E-state index contributed by atoms with van der Waals surface area (Å²) in [6.45, 7) is 6.76. The standard InChI is InChI=1S/C63H115N2O7P/c1-7-10-13-16-19-22-25-27-28-29-30-31-32-33-34-35-36-38-41-44-47-50-53-56-63(67)72-61(54-51-48-45-42-40-37-26-23-20-17-14-11-8-2)60(59-71-73(68,69)70-58-57-65(4,5)6)64-62(66)55-52-49-46-43-39-24-21-18-15-12-9-3/h18-19,21-22,27-28,30-31,33-34,51,54,60-61H,7-17,20,23-26,29,32,35-50,52-53,55-59H2,1-6H3,(H-,64,66,68,69)/b21-18-,22-19-,28-27-,31-30-,34-33-,54-51-. The third-order valence-corrected chi connectivity index (χ3v) is 14.1. The second-order valence-electron chi connectivity index (χ2n) is 21.5. The molecule has 3 atom stereocenters. The van der Waals surface area contributed by atoms with Crippen LogP contribution in [0.15, 0.2) is 72.9 Å². The number of esters is 1. The maximum atomic E-state index is 13.5. The summed E-state index contributed by atoms with van der Waals surface area (Å²) in [5, 5.41) is 3.01. The number of carbonyl (C=O) groups is 2. The van der Waals surface area contributed by atoms with Gasteiger partial charge in [0.1, 0.15) is 19.3 Å². The van der Waals surface area contributed by atoms with Gasteiger partial charge in [-0.05, 0) is 96.0 Å². The van der Waals surface area contributed by atoms with Crippen LogP contribution in [-0.4, -0.2) is 69.4 Å². The summed E-state index contributed by atoms with van der Waals surface area (Å²) in [5.74, 6) is -0.564.